The fraction of sp³-hybridized carbons (Fsp3) is 0.433. The van der Waals surface area contributed by atoms with E-state index in [9.17, 15) is 9.59 Å². The van der Waals surface area contributed by atoms with E-state index in [2.05, 4.69) is 25.5 Å². The lowest BCUT2D eigenvalue weighted by molar-refractivity contribution is -0.136. The van der Waals surface area contributed by atoms with Gasteiger partial charge in [0.25, 0.3) is 0 Å². The topological polar surface area (TPSA) is 116 Å². The standard InChI is InChI=1S/C30H34FN7O3S/c1-20-15-21(5-9-32-20)26-23-16-22(3-4-24(23)35-36-26)34-27(40)29(19-41-2)6-11-37(18-29)17-25(39)38-12-7-30(31,8-13-38)28-33-10-14-42-28/h3-5,9-10,14-16H,6-8,11-13,17-19H2,1-2H3,(H,34,40)(H,35,36). The molecule has 1 atom stereocenters. The molecule has 6 rings (SSSR count). The maximum absolute atomic E-state index is 15.4. The van der Waals surface area contributed by atoms with Gasteiger partial charge in [0.05, 0.1) is 24.1 Å². The first-order chi connectivity index (χ1) is 20.3. The summed E-state index contributed by atoms with van der Waals surface area (Å²) in [5.41, 5.74) is 1.88. The molecule has 2 saturated heterocycles. The summed E-state index contributed by atoms with van der Waals surface area (Å²) in [5.74, 6) is -0.193. The summed E-state index contributed by atoms with van der Waals surface area (Å²) >= 11 is 1.32. The Morgan fingerprint density at radius 3 is 2.69 bits per heavy atom. The van der Waals surface area contributed by atoms with Crippen LogP contribution in [-0.4, -0.2) is 88.2 Å². The highest BCUT2D eigenvalue weighted by Crippen LogP contribution is 2.38. The van der Waals surface area contributed by atoms with Crippen molar-refractivity contribution in [3.8, 4) is 11.3 Å². The van der Waals surface area contributed by atoms with Crippen molar-refractivity contribution in [2.45, 2.75) is 31.9 Å². The number of fused-ring (bicyclic) bond motifs is 1. The van der Waals surface area contributed by atoms with Crippen LogP contribution in [0.15, 0.2) is 48.1 Å². The van der Waals surface area contributed by atoms with E-state index in [0.29, 0.717) is 43.3 Å². The molecule has 2 aliphatic rings. The molecule has 42 heavy (non-hydrogen) atoms. The number of carbonyl (C=O) groups excluding carboxylic acids is 2. The van der Waals surface area contributed by atoms with Crippen LogP contribution in [0.3, 0.4) is 0 Å². The van der Waals surface area contributed by atoms with E-state index < -0.39 is 11.1 Å². The average molecular weight is 592 g/mol. The Labute approximate surface area is 247 Å². The van der Waals surface area contributed by atoms with Gasteiger partial charge in [-0.05, 0) is 50.2 Å². The largest absolute Gasteiger partial charge is 0.384 e. The number of anilines is 1. The minimum absolute atomic E-state index is 0.0471. The van der Waals surface area contributed by atoms with E-state index in [-0.39, 0.29) is 37.8 Å². The Balaban J connectivity index is 1.11. The van der Waals surface area contributed by atoms with E-state index in [0.717, 1.165) is 27.9 Å². The number of H-pyrrole nitrogens is 1. The quantitative estimate of drug-likeness (QED) is 0.316. The number of nitrogens with one attached hydrogen (secondary N) is 2. The van der Waals surface area contributed by atoms with Crippen molar-refractivity contribution >= 4 is 39.7 Å². The smallest absolute Gasteiger partial charge is 0.236 e. The number of hydrogen-bond acceptors (Lipinski definition) is 8. The number of pyridine rings is 1. The molecule has 5 heterocycles. The lowest BCUT2D eigenvalue weighted by Gasteiger charge is -2.36. The lowest BCUT2D eigenvalue weighted by Crippen LogP contribution is -2.48. The number of likely N-dealkylation sites (tertiary alicyclic amines) is 2. The molecule has 0 spiro atoms. The van der Waals surface area contributed by atoms with Gasteiger partial charge in [-0.1, -0.05) is 0 Å². The molecule has 2 fully saturated rings. The first-order valence-electron chi connectivity index (χ1n) is 14.1. The first kappa shape index (κ1) is 28.4. The predicted molar refractivity (Wildman–Crippen MR) is 159 cm³/mol. The number of alkyl halides is 1. The normalized spacial score (nSPS) is 20.7. The van der Waals surface area contributed by atoms with Gasteiger partial charge in [0.1, 0.15) is 10.7 Å². The molecule has 2 N–H and O–H groups in total. The zero-order valence-electron chi connectivity index (χ0n) is 23.7. The van der Waals surface area contributed by atoms with Crippen LogP contribution in [0.5, 0.6) is 0 Å². The third-order valence-corrected chi connectivity index (χ3v) is 9.36. The molecule has 3 aromatic heterocycles. The zero-order valence-corrected chi connectivity index (χ0v) is 24.5. The number of halogens is 1. The highest BCUT2D eigenvalue weighted by molar-refractivity contribution is 7.09. The van der Waals surface area contributed by atoms with Crippen LogP contribution in [-0.2, 0) is 20.0 Å². The molecule has 0 radical (unpaired) electrons. The predicted octanol–water partition coefficient (Wildman–Crippen LogP) is 4.15. The van der Waals surface area contributed by atoms with E-state index >= 15 is 4.39 Å². The Kier molecular flexibility index (Phi) is 7.77. The van der Waals surface area contributed by atoms with Crippen LogP contribution in [0, 0.1) is 12.3 Å². The van der Waals surface area contributed by atoms with E-state index in [1.807, 2.05) is 42.2 Å². The van der Waals surface area contributed by atoms with Crippen molar-refractivity contribution in [1.82, 2.24) is 30.0 Å². The molecule has 2 amide bonds. The van der Waals surface area contributed by atoms with Gasteiger partial charge in [-0.25, -0.2) is 9.37 Å². The molecule has 4 aromatic rings. The summed E-state index contributed by atoms with van der Waals surface area (Å²) in [6.45, 7) is 4.05. The van der Waals surface area contributed by atoms with Crippen molar-refractivity contribution < 1.29 is 18.7 Å². The van der Waals surface area contributed by atoms with Crippen LogP contribution in [0.1, 0.15) is 30.0 Å². The van der Waals surface area contributed by atoms with Crippen LogP contribution in [0.25, 0.3) is 22.2 Å². The number of nitrogens with zero attached hydrogens (tertiary/aromatic N) is 5. The van der Waals surface area contributed by atoms with E-state index in [4.69, 9.17) is 4.74 Å². The van der Waals surface area contributed by atoms with Crippen molar-refractivity contribution in [1.29, 1.82) is 0 Å². The third kappa shape index (κ3) is 5.53. The van der Waals surface area contributed by atoms with Gasteiger partial charge < -0.3 is 15.0 Å². The molecule has 10 nitrogen and oxygen atoms in total. The number of aromatic amines is 1. The highest BCUT2D eigenvalue weighted by Gasteiger charge is 2.46. The maximum Gasteiger partial charge on any atom is 0.236 e. The summed E-state index contributed by atoms with van der Waals surface area (Å²) in [4.78, 5) is 39.0. The molecular weight excluding hydrogens is 557 g/mol. The lowest BCUT2D eigenvalue weighted by atomic mass is 9.86. The van der Waals surface area contributed by atoms with E-state index in [1.165, 1.54) is 11.3 Å². The fourth-order valence-corrected chi connectivity index (χ4v) is 6.85. The molecule has 12 heteroatoms. The summed E-state index contributed by atoms with van der Waals surface area (Å²) < 4.78 is 20.9. The zero-order chi connectivity index (χ0) is 29.3. The van der Waals surface area contributed by atoms with Gasteiger partial charge >= 0.3 is 0 Å². The van der Waals surface area contributed by atoms with Crippen molar-refractivity contribution in [2.24, 2.45) is 5.41 Å². The molecule has 0 aliphatic carbocycles. The first-order valence-corrected chi connectivity index (χ1v) is 15.0. The molecule has 0 bridgehead atoms. The third-order valence-electron chi connectivity index (χ3n) is 8.41. The number of aryl methyl sites for hydroxylation is 1. The number of hydrogen-bond donors (Lipinski definition) is 2. The Bertz CT molecular complexity index is 1580. The second-order valence-electron chi connectivity index (χ2n) is 11.3. The van der Waals surface area contributed by atoms with Crippen LogP contribution in [0.2, 0.25) is 0 Å². The number of aromatic nitrogens is 4. The van der Waals surface area contributed by atoms with Gasteiger partial charge in [0.15, 0.2) is 5.67 Å². The Morgan fingerprint density at radius 1 is 1.12 bits per heavy atom. The van der Waals surface area contributed by atoms with Crippen molar-refractivity contribution in [2.75, 3.05) is 51.8 Å². The van der Waals surface area contributed by atoms with Crippen LogP contribution in [0.4, 0.5) is 10.1 Å². The summed E-state index contributed by atoms with van der Waals surface area (Å²) in [7, 11) is 1.59. The number of methoxy groups -OCH3 is 1. The van der Waals surface area contributed by atoms with Gasteiger partial charge in [-0.15, -0.1) is 11.3 Å². The SMILES string of the molecule is COCC1(C(=O)Nc2ccc3[nH]nc(-c4ccnc(C)c4)c3c2)CCN(CC(=O)N2CCC(F)(c3nccs3)CC2)C1. The number of ether oxygens (including phenoxy) is 1. The number of thiazole rings is 1. The summed E-state index contributed by atoms with van der Waals surface area (Å²) in [5, 5.41) is 13.8. The fourth-order valence-electron chi connectivity index (χ4n) is 6.07. The number of rotatable bonds is 8. The average Bonchev–Trinajstić information content (AvgIpc) is 3.75. The molecular formula is C30H34FN7O3S. The van der Waals surface area contributed by atoms with Gasteiger partial charge in [-0.2, -0.15) is 5.10 Å². The van der Waals surface area contributed by atoms with Gasteiger partial charge in [0.2, 0.25) is 11.8 Å². The molecule has 1 unspecified atom stereocenters. The van der Waals surface area contributed by atoms with Crippen LogP contribution < -0.4 is 5.32 Å². The van der Waals surface area contributed by atoms with Gasteiger partial charge in [0, 0.05) is 79.7 Å². The number of amides is 2. The van der Waals surface area contributed by atoms with Crippen LogP contribution >= 0.6 is 11.3 Å². The Morgan fingerprint density at radius 2 is 1.95 bits per heavy atom. The second kappa shape index (κ2) is 11.5. The summed E-state index contributed by atoms with van der Waals surface area (Å²) in [6.07, 6.45) is 4.42. The minimum Gasteiger partial charge on any atom is -0.384 e. The molecule has 1 aromatic carbocycles. The maximum atomic E-state index is 15.4. The number of carbonyl (C=O) groups is 2. The monoisotopic (exact) mass is 591 g/mol. The van der Waals surface area contributed by atoms with Crippen molar-refractivity contribution in [3.63, 3.8) is 0 Å². The molecule has 0 saturated carbocycles. The Hall–Kier alpha value is -3.74. The molecule has 220 valence electrons. The molecule has 2 aliphatic heterocycles. The highest BCUT2D eigenvalue weighted by atomic mass is 32.1. The summed E-state index contributed by atoms with van der Waals surface area (Å²) in [6, 6.07) is 9.56. The number of benzene rings is 1. The number of piperidine rings is 1. The van der Waals surface area contributed by atoms with E-state index in [1.54, 1.807) is 29.8 Å². The minimum atomic E-state index is -1.47. The van der Waals surface area contributed by atoms with Crippen molar-refractivity contribution in [3.05, 3.63) is 58.8 Å². The second-order valence-corrected chi connectivity index (χ2v) is 12.2. The van der Waals surface area contributed by atoms with Gasteiger partial charge in [-0.3, -0.25) is 24.6 Å².